The lowest BCUT2D eigenvalue weighted by molar-refractivity contribution is 0.421. The Labute approximate surface area is 154 Å². The average Bonchev–Trinajstić information content (AvgIpc) is 3.01. The fourth-order valence-electron chi connectivity index (χ4n) is 2.74. The number of fused-ring (bicyclic) bond motifs is 2. The van der Waals surface area contributed by atoms with E-state index < -0.39 is 35.5 Å². The first kappa shape index (κ1) is 17.6. The van der Waals surface area contributed by atoms with Crippen molar-refractivity contribution in [3.63, 3.8) is 0 Å². The second kappa shape index (κ2) is 5.62. The number of ether oxygens (including phenoxy) is 1. The Morgan fingerprint density at radius 1 is 1.04 bits per heavy atom. The van der Waals surface area contributed by atoms with Crippen LogP contribution in [0.15, 0.2) is 49.4 Å². The molecule has 0 unspecified atom stereocenters. The number of sulfone groups is 1. The van der Waals surface area contributed by atoms with E-state index in [1.807, 2.05) is 0 Å². The minimum absolute atomic E-state index is 0.0188. The normalized spacial score (nSPS) is 14.9. The number of aromatic nitrogens is 2. The molecule has 0 saturated carbocycles. The van der Waals surface area contributed by atoms with E-state index in [2.05, 4.69) is 10.2 Å². The van der Waals surface area contributed by atoms with Gasteiger partial charge in [-0.05, 0) is 36.8 Å². The van der Waals surface area contributed by atoms with Crippen molar-refractivity contribution in [2.45, 2.75) is 28.5 Å². The molecule has 0 saturated heterocycles. The van der Waals surface area contributed by atoms with E-state index in [0.29, 0.717) is 5.56 Å². The smallest absolute Gasteiger partial charge is 0.298 e. The van der Waals surface area contributed by atoms with Gasteiger partial charge in [0.05, 0.1) is 0 Å². The van der Waals surface area contributed by atoms with Crippen molar-refractivity contribution in [3.8, 4) is 23.0 Å². The highest BCUT2D eigenvalue weighted by Gasteiger charge is 2.37. The molecule has 1 N–H and O–H groups in total. The van der Waals surface area contributed by atoms with Crippen molar-refractivity contribution in [1.82, 2.24) is 10.2 Å². The zero-order chi connectivity index (χ0) is 19.6. The van der Waals surface area contributed by atoms with Gasteiger partial charge in [-0.1, -0.05) is 6.07 Å². The van der Waals surface area contributed by atoms with Crippen molar-refractivity contribution in [2.24, 2.45) is 0 Å². The summed E-state index contributed by atoms with van der Waals surface area (Å²) in [4.78, 5) is -1.22. The largest absolute Gasteiger partial charge is 0.453 e. The molecule has 140 valence electrons. The molecule has 3 aromatic rings. The van der Waals surface area contributed by atoms with Gasteiger partial charge in [-0.15, -0.1) is 10.2 Å². The van der Waals surface area contributed by atoms with Crippen molar-refractivity contribution >= 4 is 20.0 Å². The van der Waals surface area contributed by atoms with Crippen molar-refractivity contribution in [1.29, 1.82) is 0 Å². The second-order valence-corrected chi connectivity index (χ2v) is 9.24. The summed E-state index contributed by atoms with van der Waals surface area (Å²) in [5, 5.41) is 7.41. The quantitative estimate of drug-likeness (QED) is 0.496. The Morgan fingerprint density at radius 3 is 2.41 bits per heavy atom. The predicted octanol–water partition coefficient (Wildman–Crippen LogP) is 2.54. The van der Waals surface area contributed by atoms with Crippen LogP contribution in [0.1, 0.15) is 11.5 Å². The summed E-state index contributed by atoms with van der Waals surface area (Å²) in [5.41, 5.74) is 0.702. The summed E-state index contributed by atoms with van der Waals surface area (Å²) in [6.07, 6.45) is 0. The Morgan fingerprint density at radius 2 is 1.78 bits per heavy atom. The van der Waals surface area contributed by atoms with Crippen LogP contribution in [0.4, 0.5) is 0 Å². The number of rotatable bonds is 2. The molecule has 2 aromatic carbocycles. The van der Waals surface area contributed by atoms with E-state index in [9.17, 15) is 21.4 Å². The van der Waals surface area contributed by atoms with Crippen LogP contribution in [0.2, 0.25) is 0 Å². The van der Waals surface area contributed by atoms with Crippen LogP contribution < -0.4 is 4.74 Å². The molecule has 0 aliphatic carbocycles. The first-order valence-electron chi connectivity index (χ1n) is 7.57. The number of hydrogen-bond acceptors (Lipinski definition) is 8. The lowest BCUT2D eigenvalue weighted by Gasteiger charge is -2.22. The van der Waals surface area contributed by atoms with Gasteiger partial charge in [0.2, 0.25) is 21.6 Å². The zero-order valence-electron chi connectivity index (χ0n) is 14.0. The van der Waals surface area contributed by atoms with Gasteiger partial charge in [0, 0.05) is 12.5 Å². The number of nitrogens with zero attached hydrogens (tertiary/aromatic N) is 2. The van der Waals surface area contributed by atoms with E-state index in [0.717, 1.165) is 6.07 Å². The number of hydrogen-bond donors (Lipinski definition) is 1. The Hall–Kier alpha value is -2.76. The predicted molar refractivity (Wildman–Crippen MR) is 91.0 cm³/mol. The Balaban J connectivity index is 2.08. The van der Waals surface area contributed by atoms with Gasteiger partial charge in [-0.2, -0.15) is 8.42 Å². The van der Waals surface area contributed by atoms with Crippen molar-refractivity contribution in [2.75, 3.05) is 0 Å². The highest BCUT2D eigenvalue weighted by atomic mass is 32.2. The van der Waals surface area contributed by atoms with Gasteiger partial charge in [0.1, 0.15) is 20.4 Å². The van der Waals surface area contributed by atoms with Crippen LogP contribution in [-0.2, 0) is 20.0 Å². The molecule has 0 spiro atoms. The van der Waals surface area contributed by atoms with Gasteiger partial charge in [-0.25, -0.2) is 8.42 Å². The average molecular weight is 408 g/mol. The molecule has 4 rings (SSSR count). The lowest BCUT2D eigenvalue weighted by Crippen LogP contribution is -2.14. The first-order valence-corrected chi connectivity index (χ1v) is 10.5. The monoisotopic (exact) mass is 408 g/mol. The summed E-state index contributed by atoms with van der Waals surface area (Å²) in [6.45, 7) is 3.24. The molecule has 0 fully saturated rings. The van der Waals surface area contributed by atoms with Crippen LogP contribution in [0.5, 0.6) is 11.5 Å². The zero-order valence-corrected chi connectivity index (χ0v) is 15.6. The fourth-order valence-corrected chi connectivity index (χ4v) is 5.10. The van der Waals surface area contributed by atoms with Crippen LogP contribution in [0.3, 0.4) is 0 Å². The first-order chi connectivity index (χ1) is 12.6. The van der Waals surface area contributed by atoms with Crippen LogP contribution in [-0.4, -0.2) is 31.6 Å². The van der Waals surface area contributed by atoms with E-state index in [1.165, 1.54) is 25.1 Å². The van der Waals surface area contributed by atoms with Crippen LogP contribution in [0.25, 0.3) is 11.5 Å². The SMILES string of the molecule is Cc1ccc2c(c1)S(=O)(=O)c1cc(-c3nnc(C)o3)cc(S(=O)(=O)O)c1O2. The topological polar surface area (TPSA) is 137 Å². The van der Waals surface area contributed by atoms with E-state index >= 15 is 0 Å². The Kier molecular flexibility index (Phi) is 3.67. The maximum atomic E-state index is 13.1. The summed E-state index contributed by atoms with van der Waals surface area (Å²) in [6, 6.07) is 6.67. The minimum Gasteiger partial charge on any atom is -0.453 e. The molecular formula is C16H12N2O7S2. The van der Waals surface area contributed by atoms with Gasteiger partial charge in [-0.3, -0.25) is 4.55 Å². The van der Waals surface area contributed by atoms with Gasteiger partial charge < -0.3 is 9.15 Å². The van der Waals surface area contributed by atoms with Gasteiger partial charge in [0.25, 0.3) is 10.1 Å². The summed E-state index contributed by atoms with van der Waals surface area (Å²) in [5.74, 6) is -0.394. The van der Waals surface area contributed by atoms with Gasteiger partial charge in [0.15, 0.2) is 5.75 Å². The van der Waals surface area contributed by atoms with E-state index in [4.69, 9.17) is 9.15 Å². The summed E-state index contributed by atoms with van der Waals surface area (Å²) in [7, 11) is -8.93. The molecule has 1 aliphatic heterocycles. The summed E-state index contributed by atoms with van der Waals surface area (Å²) < 4.78 is 70.4. The van der Waals surface area contributed by atoms with Crippen molar-refractivity contribution < 1.29 is 30.5 Å². The van der Waals surface area contributed by atoms with Crippen molar-refractivity contribution in [3.05, 3.63) is 41.8 Å². The fraction of sp³-hybridized carbons (Fsp3) is 0.125. The molecule has 9 nitrogen and oxygen atoms in total. The van der Waals surface area contributed by atoms with Crippen LogP contribution in [0, 0.1) is 13.8 Å². The molecule has 2 heterocycles. The molecule has 0 amide bonds. The summed E-state index contributed by atoms with van der Waals surface area (Å²) >= 11 is 0. The molecule has 1 aliphatic rings. The second-order valence-electron chi connectivity index (χ2n) is 5.96. The Bertz CT molecular complexity index is 1310. The highest BCUT2D eigenvalue weighted by molar-refractivity contribution is 7.92. The van der Waals surface area contributed by atoms with Gasteiger partial charge >= 0.3 is 0 Å². The molecule has 27 heavy (non-hydrogen) atoms. The number of benzene rings is 2. The molecule has 1 aromatic heterocycles. The van der Waals surface area contributed by atoms with E-state index in [-0.39, 0.29) is 28.0 Å². The standard InChI is InChI=1S/C16H12N2O7S2/c1-8-3-4-11-12(5-8)26(19,20)13-6-10(16-18-17-9(2)24-16)7-14(15(13)25-11)27(21,22)23/h3-7H,1-2H3,(H,21,22,23). The molecule has 0 bridgehead atoms. The lowest BCUT2D eigenvalue weighted by atomic mass is 10.2. The van der Waals surface area contributed by atoms with Crippen LogP contribution >= 0.6 is 0 Å². The third kappa shape index (κ3) is 2.80. The maximum absolute atomic E-state index is 13.1. The molecule has 0 atom stereocenters. The highest BCUT2D eigenvalue weighted by Crippen LogP contribution is 2.47. The van der Waals surface area contributed by atoms with E-state index in [1.54, 1.807) is 13.0 Å². The molecular weight excluding hydrogens is 396 g/mol. The minimum atomic E-state index is -4.81. The molecule has 0 radical (unpaired) electrons. The molecule has 11 heteroatoms. The number of aryl methyl sites for hydroxylation is 2. The third-order valence-electron chi connectivity index (χ3n) is 3.96. The third-order valence-corrected chi connectivity index (χ3v) is 6.60. The maximum Gasteiger partial charge on any atom is 0.298 e.